The van der Waals surface area contributed by atoms with E-state index in [1.807, 2.05) is 6.07 Å². The van der Waals surface area contributed by atoms with Crippen LogP contribution in [0.15, 0.2) is 28.9 Å². The predicted octanol–water partition coefficient (Wildman–Crippen LogP) is 2.27. The van der Waals surface area contributed by atoms with Crippen LogP contribution in [0, 0.1) is 0 Å². The van der Waals surface area contributed by atoms with Gasteiger partial charge in [-0.3, -0.25) is 9.78 Å². The van der Waals surface area contributed by atoms with Gasteiger partial charge in [-0.1, -0.05) is 6.07 Å². The Morgan fingerprint density at radius 2 is 2.27 bits per heavy atom. The second-order valence-corrected chi connectivity index (χ2v) is 3.77. The van der Waals surface area contributed by atoms with Crippen LogP contribution in [0.2, 0.25) is 0 Å². The number of carbonyl (C=O) groups is 1. The zero-order valence-corrected chi connectivity index (χ0v) is 9.15. The molecule has 1 heterocycles. The van der Waals surface area contributed by atoms with Crippen LogP contribution < -0.4 is 5.32 Å². The number of hydrogen-bond acceptors (Lipinski definition) is 3. The first kappa shape index (κ1) is 9.92. The van der Waals surface area contributed by atoms with Gasteiger partial charge in [-0.25, -0.2) is 0 Å². The number of anilines is 1. The lowest BCUT2D eigenvalue weighted by atomic mass is 10.2. The van der Waals surface area contributed by atoms with Gasteiger partial charge in [0.25, 0.3) is 0 Å². The normalized spacial score (nSPS) is 10.2. The Balaban J connectivity index is 2.73. The Bertz CT molecular complexity index is 528. The van der Waals surface area contributed by atoms with Gasteiger partial charge >= 0.3 is 0 Å². The number of fused-ring (bicyclic) bond motifs is 1. The summed E-state index contributed by atoms with van der Waals surface area (Å²) in [6, 6.07) is 5.36. The lowest BCUT2D eigenvalue weighted by molar-refractivity contribution is -0.105. The third-order valence-electron chi connectivity index (χ3n) is 2.03. The molecule has 5 heteroatoms. The fourth-order valence-corrected chi connectivity index (χ4v) is 1.81. The Hall–Kier alpha value is -1.62. The minimum atomic E-state index is 0.0217. The Morgan fingerprint density at radius 1 is 1.47 bits per heavy atom. The zero-order valence-electron chi connectivity index (χ0n) is 7.57. The Labute approximate surface area is 94.1 Å². The molecule has 0 fully saturated rings. The first-order chi connectivity index (χ1) is 7.24. The zero-order chi connectivity index (χ0) is 10.8. The van der Waals surface area contributed by atoms with E-state index < -0.39 is 0 Å². The van der Waals surface area contributed by atoms with Crippen LogP contribution in [0.1, 0.15) is 0 Å². The summed E-state index contributed by atoms with van der Waals surface area (Å²) >= 11 is 3.33. The summed E-state index contributed by atoms with van der Waals surface area (Å²) in [4.78, 5) is 14.4. The van der Waals surface area contributed by atoms with Crippen LogP contribution >= 0.6 is 15.9 Å². The number of para-hydroxylation sites is 1. The molecule has 0 saturated carbocycles. The third-order valence-corrected chi connectivity index (χ3v) is 2.67. The topological polar surface area (TPSA) is 62.2 Å². The second kappa shape index (κ2) is 3.86. The molecule has 1 aromatic heterocycles. The molecule has 76 valence electrons. The van der Waals surface area contributed by atoms with Crippen molar-refractivity contribution in [2.45, 2.75) is 0 Å². The summed E-state index contributed by atoms with van der Waals surface area (Å²) in [5.74, 6) is 0.0217. The molecule has 2 N–H and O–H groups in total. The molecule has 15 heavy (non-hydrogen) atoms. The van der Waals surface area contributed by atoms with E-state index in [-0.39, 0.29) is 5.75 Å². The number of aromatic hydroxyl groups is 1. The molecule has 2 rings (SSSR count). The highest BCUT2D eigenvalue weighted by Crippen LogP contribution is 2.33. The van der Waals surface area contributed by atoms with E-state index in [1.54, 1.807) is 12.1 Å². The van der Waals surface area contributed by atoms with Gasteiger partial charge in [0, 0.05) is 9.86 Å². The number of nitrogens with zero attached hydrogens (tertiary/aromatic N) is 1. The summed E-state index contributed by atoms with van der Waals surface area (Å²) in [5.41, 5.74) is 0.960. The van der Waals surface area contributed by atoms with E-state index in [9.17, 15) is 9.90 Å². The Kier molecular flexibility index (Phi) is 2.55. The average molecular weight is 267 g/mol. The van der Waals surface area contributed by atoms with Gasteiger partial charge < -0.3 is 10.4 Å². The van der Waals surface area contributed by atoms with E-state index in [4.69, 9.17) is 0 Å². The highest BCUT2D eigenvalue weighted by Gasteiger charge is 2.08. The van der Waals surface area contributed by atoms with Crippen molar-refractivity contribution in [1.29, 1.82) is 0 Å². The molecule has 2 aromatic rings. The first-order valence-electron chi connectivity index (χ1n) is 4.20. The molecule has 4 nitrogen and oxygen atoms in total. The minimum absolute atomic E-state index is 0.0217. The van der Waals surface area contributed by atoms with Gasteiger partial charge in [0.2, 0.25) is 6.41 Å². The summed E-state index contributed by atoms with van der Waals surface area (Å²) in [7, 11) is 0. The van der Waals surface area contributed by atoms with Crippen LogP contribution in [0.3, 0.4) is 0 Å². The van der Waals surface area contributed by atoms with E-state index >= 15 is 0 Å². The minimum Gasteiger partial charge on any atom is -0.505 e. The first-order valence-corrected chi connectivity index (χ1v) is 4.99. The van der Waals surface area contributed by atoms with Gasteiger partial charge in [0.1, 0.15) is 11.4 Å². The van der Waals surface area contributed by atoms with Crippen LogP contribution in [0.25, 0.3) is 10.9 Å². The van der Waals surface area contributed by atoms with Gasteiger partial charge in [-0.2, -0.15) is 0 Å². The number of aromatic nitrogens is 1. The number of rotatable bonds is 2. The quantitative estimate of drug-likeness (QED) is 0.820. The summed E-state index contributed by atoms with van der Waals surface area (Å²) in [6.07, 6.45) is 1.91. The van der Waals surface area contributed by atoms with Crippen LogP contribution in [-0.4, -0.2) is 16.5 Å². The molecular formula is C10H7BrN2O2. The highest BCUT2D eigenvalue weighted by molar-refractivity contribution is 9.10. The summed E-state index contributed by atoms with van der Waals surface area (Å²) in [6.45, 7) is 0. The lowest BCUT2D eigenvalue weighted by Crippen LogP contribution is -1.95. The lowest BCUT2D eigenvalue weighted by Gasteiger charge is -2.06. The number of amides is 1. The average Bonchev–Trinajstić information content (AvgIpc) is 2.23. The number of pyridine rings is 1. The number of benzene rings is 1. The van der Waals surface area contributed by atoms with E-state index in [2.05, 4.69) is 26.2 Å². The van der Waals surface area contributed by atoms with E-state index in [0.29, 0.717) is 23.0 Å². The molecule has 0 saturated heterocycles. The third kappa shape index (κ3) is 1.66. The summed E-state index contributed by atoms with van der Waals surface area (Å²) < 4.78 is 0.799. The SMILES string of the molecule is O=CNc1cnc2c(Br)cccc2c1O. The predicted molar refractivity (Wildman–Crippen MR) is 60.8 cm³/mol. The maximum atomic E-state index is 10.3. The van der Waals surface area contributed by atoms with Gasteiger partial charge in [-0.15, -0.1) is 0 Å². The van der Waals surface area contributed by atoms with Crippen molar-refractivity contribution in [2.24, 2.45) is 0 Å². The molecular weight excluding hydrogens is 260 g/mol. The van der Waals surface area contributed by atoms with Crippen molar-refractivity contribution >= 4 is 38.9 Å². The van der Waals surface area contributed by atoms with Crippen LogP contribution in [0.4, 0.5) is 5.69 Å². The van der Waals surface area contributed by atoms with Gasteiger partial charge in [0.15, 0.2) is 0 Å². The van der Waals surface area contributed by atoms with E-state index in [1.165, 1.54) is 6.20 Å². The van der Waals surface area contributed by atoms with Crippen molar-refractivity contribution in [3.8, 4) is 5.75 Å². The van der Waals surface area contributed by atoms with E-state index in [0.717, 1.165) is 4.47 Å². The van der Waals surface area contributed by atoms with Crippen molar-refractivity contribution in [3.05, 3.63) is 28.9 Å². The molecule has 0 bridgehead atoms. The smallest absolute Gasteiger partial charge is 0.211 e. The van der Waals surface area contributed by atoms with Crippen molar-refractivity contribution in [1.82, 2.24) is 4.98 Å². The highest BCUT2D eigenvalue weighted by atomic mass is 79.9. The fraction of sp³-hybridized carbons (Fsp3) is 0. The summed E-state index contributed by atoms with van der Waals surface area (Å²) in [5, 5.41) is 12.8. The van der Waals surface area contributed by atoms with Crippen molar-refractivity contribution < 1.29 is 9.90 Å². The van der Waals surface area contributed by atoms with Gasteiger partial charge in [0.05, 0.1) is 11.7 Å². The van der Waals surface area contributed by atoms with Crippen LogP contribution in [-0.2, 0) is 4.79 Å². The molecule has 1 aromatic carbocycles. The van der Waals surface area contributed by atoms with Crippen LogP contribution in [0.5, 0.6) is 5.75 Å². The number of halogens is 1. The molecule has 0 spiro atoms. The second-order valence-electron chi connectivity index (χ2n) is 2.92. The Morgan fingerprint density at radius 3 is 3.00 bits per heavy atom. The van der Waals surface area contributed by atoms with Crippen molar-refractivity contribution in [2.75, 3.05) is 5.32 Å². The molecule has 1 amide bonds. The molecule has 0 atom stereocenters. The number of nitrogens with one attached hydrogen (secondary N) is 1. The molecule has 0 aliphatic heterocycles. The number of hydrogen-bond donors (Lipinski definition) is 2. The largest absolute Gasteiger partial charge is 0.505 e. The standard InChI is InChI=1S/C10H7BrN2O2/c11-7-3-1-2-6-9(7)12-4-8(10(6)15)13-5-14/h1-5H,(H,12,15)(H,13,14). The molecule has 0 unspecified atom stereocenters. The fourth-order valence-electron chi connectivity index (χ4n) is 1.34. The molecule has 0 aliphatic rings. The molecule has 0 aliphatic carbocycles. The van der Waals surface area contributed by atoms with Gasteiger partial charge in [-0.05, 0) is 28.1 Å². The monoisotopic (exact) mass is 266 g/mol. The maximum Gasteiger partial charge on any atom is 0.211 e. The molecule has 0 radical (unpaired) electrons. The number of carbonyl (C=O) groups excluding carboxylic acids is 1. The van der Waals surface area contributed by atoms with Crippen molar-refractivity contribution in [3.63, 3.8) is 0 Å². The maximum absolute atomic E-state index is 10.3.